The zero-order valence-electron chi connectivity index (χ0n) is 10.8. The van der Waals surface area contributed by atoms with Crippen LogP contribution in [0.15, 0.2) is 23.1 Å². The molecule has 0 saturated heterocycles. The zero-order valence-corrected chi connectivity index (χ0v) is 10.8. The number of H-pyrrole nitrogens is 2. The first kappa shape index (κ1) is 12.2. The van der Waals surface area contributed by atoms with E-state index in [2.05, 4.69) is 25.6 Å². The molecule has 0 atom stereocenters. The lowest BCUT2D eigenvalue weighted by atomic mass is 10.1. The summed E-state index contributed by atoms with van der Waals surface area (Å²) in [5, 5.41) is 13.8. The summed E-state index contributed by atoms with van der Waals surface area (Å²) in [7, 11) is 3.04. The quantitative estimate of drug-likeness (QED) is 0.728. The maximum Gasteiger partial charge on any atom is 0.210 e. The van der Waals surface area contributed by atoms with Crippen LogP contribution >= 0.6 is 0 Å². The van der Waals surface area contributed by atoms with Crippen LogP contribution in [0.3, 0.4) is 0 Å². The number of hydrogen-bond acceptors (Lipinski definition) is 6. The summed E-state index contributed by atoms with van der Waals surface area (Å²) >= 11 is 0. The van der Waals surface area contributed by atoms with Gasteiger partial charge in [-0.2, -0.15) is 5.21 Å². The number of rotatable bonds is 3. The van der Waals surface area contributed by atoms with E-state index >= 15 is 0 Å². The van der Waals surface area contributed by atoms with Crippen molar-refractivity contribution in [1.29, 1.82) is 0 Å². The van der Waals surface area contributed by atoms with Crippen LogP contribution in [0.1, 0.15) is 0 Å². The molecule has 2 N–H and O–H groups in total. The zero-order chi connectivity index (χ0) is 14.1. The molecule has 0 fully saturated rings. The Labute approximate surface area is 112 Å². The maximum absolute atomic E-state index is 12.6. The molecule has 0 unspecified atom stereocenters. The number of benzene rings is 1. The summed E-state index contributed by atoms with van der Waals surface area (Å²) in [5.74, 6) is 1.22. The van der Waals surface area contributed by atoms with Crippen LogP contribution in [0, 0.1) is 0 Å². The monoisotopic (exact) mass is 273 g/mol. The van der Waals surface area contributed by atoms with Crippen LogP contribution in [-0.4, -0.2) is 39.8 Å². The molecule has 0 spiro atoms. The smallest absolute Gasteiger partial charge is 0.210 e. The lowest BCUT2D eigenvalue weighted by molar-refractivity contribution is 0.409. The van der Waals surface area contributed by atoms with Gasteiger partial charge in [-0.05, 0) is 17.3 Å². The standard InChI is InChI=1S/C12H11N5O3/c1-19-7-3-4-8(20-2)10-9(7)11(18)6(5-13-10)12-14-16-17-15-12/h3-5H,1-2H3,(H,13,18)(H,14,15,16,17). The second-order valence-corrected chi connectivity index (χ2v) is 3.99. The van der Waals surface area contributed by atoms with Gasteiger partial charge in [-0.25, -0.2) is 0 Å². The largest absolute Gasteiger partial charge is 0.496 e. The fourth-order valence-electron chi connectivity index (χ4n) is 2.06. The highest BCUT2D eigenvalue weighted by Gasteiger charge is 2.16. The van der Waals surface area contributed by atoms with Crippen molar-refractivity contribution in [3.8, 4) is 22.9 Å². The van der Waals surface area contributed by atoms with Gasteiger partial charge < -0.3 is 14.5 Å². The maximum atomic E-state index is 12.6. The van der Waals surface area contributed by atoms with Gasteiger partial charge in [-0.15, -0.1) is 10.2 Å². The van der Waals surface area contributed by atoms with Crippen LogP contribution in [0.25, 0.3) is 22.3 Å². The summed E-state index contributed by atoms with van der Waals surface area (Å²) < 4.78 is 10.5. The summed E-state index contributed by atoms with van der Waals surface area (Å²) in [5.41, 5.74) is 0.609. The van der Waals surface area contributed by atoms with Crippen molar-refractivity contribution in [2.45, 2.75) is 0 Å². The number of tetrazole rings is 1. The van der Waals surface area contributed by atoms with Crippen LogP contribution < -0.4 is 14.9 Å². The average Bonchev–Trinajstić information content (AvgIpc) is 3.00. The predicted octanol–water partition coefficient (Wildman–Crippen LogP) is 0.725. The van der Waals surface area contributed by atoms with Gasteiger partial charge in [-0.1, -0.05) is 0 Å². The molecule has 0 saturated carbocycles. The third-order valence-corrected chi connectivity index (χ3v) is 2.99. The molecule has 1 aromatic carbocycles. The average molecular weight is 273 g/mol. The van der Waals surface area contributed by atoms with Crippen LogP contribution in [0.4, 0.5) is 0 Å². The molecule has 0 amide bonds. The molecule has 2 aromatic heterocycles. The number of aromatic amines is 2. The predicted molar refractivity (Wildman–Crippen MR) is 70.8 cm³/mol. The minimum atomic E-state index is -0.254. The summed E-state index contributed by atoms with van der Waals surface area (Å²) in [4.78, 5) is 15.6. The Hall–Kier alpha value is -2.90. The van der Waals surface area contributed by atoms with Gasteiger partial charge in [0.1, 0.15) is 11.5 Å². The molecular weight excluding hydrogens is 262 g/mol. The van der Waals surface area contributed by atoms with Gasteiger partial charge in [0.15, 0.2) is 0 Å². The van der Waals surface area contributed by atoms with E-state index in [0.717, 1.165) is 0 Å². The number of ether oxygens (including phenoxy) is 2. The number of methoxy groups -OCH3 is 2. The first-order chi connectivity index (χ1) is 9.76. The molecule has 0 bridgehead atoms. The molecule has 3 rings (SSSR count). The molecule has 0 radical (unpaired) electrons. The number of aromatic nitrogens is 5. The topological polar surface area (TPSA) is 106 Å². The molecule has 0 aliphatic heterocycles. The van der Waals surface area contributed by atoms with Crippen molar-refractivity contribution in [2.24, 2.45) is 0 Å². The SMILES string of the molecule is COc1ccc(OC)c2c(=O)c(-c3nn[nH]n3)c[nH]c12. The fourth-order valence-corrected chi connectivity index (χ4v) is 2.06. The molecule has 0 aliphatic carbocycles. The van der Waals surface area contributed by atoms with Crippen molar-refractivity contribution in [3.05, 3.63) is 28.6 Å². The summed E-state index contributed by atoms with van der Waals surface area (Å²) in [6.45, 7) is 0. The van der Waals surface area contributed by atoms with Gasteiger partial charge in [0, 0.05) is 6.20 Å². The van der Waals surface area contributed by atoms with Crippen molar-refractivity contribution in [3.63, 3.8) is 0 Å². The van der Waals surface area contributed by atoms with E-state index in [1.807, 2.05) is 0 Å². The highest BCUT2D eigenvalue weighted by molar-refractivity contribution is 5.92. The Kier molecular flexibility index (Phi) is 2.82. The second kappa shape index (κ2) is 4.65. The third kappa shape index (κ3) is 1.69. The third-order valence-electron chi connectivity index (χ3n) is 2.99. The number of hydrogen-bond donors (Lipinski definition) is 2. The summed E-state index contributed by atoms with van der Waals surface area (Å²) in [6.07, 6.45) is 1.53. The van der Waals surface area contributed by atoms with Gasteiger partial charge in [0.25, 0.3) is 0 Å². The van der Waals surface area contributed by atoms with Gasteiger partial charge in [0.05, 0.1) is 30.7 Å². The van der Waals surface area contributed by atoms with E-state index in [0.29, 0.717) is 28.0 Å². The van der Waals surface area contributed by atoms with Crippen molar-refractivity contribution >= 4 is 10.9 Å². The Bertz CT molecular complexity index is 810. The Morgan fingerprint density at radius 1 is 1.15 bits per heavy atom. The molecule has 20 heavy (non-hydrogen) atoms. The normalized spacial score (nSPS) is 10.7. The highest BCUT2D eigenvalue weighted by atomic mass is 16.5. The summed E-state index contributed by atoms with van der Waals surface area (Å²) in [6, 6.07) is 3.40. The molecule has 8 nitrogen and oxygen atoms in total. The Morgan fingerprint density at radius 3 is 2.55 bits per heavy atom. The number of nitrogens with one attached hydrogen (secondary N) is 2. The van der Waals surface area contributed by atoms with Crippen LogP contribution in [-0.2, 0) is 0 Å². The fraction of sp³-hybridized carbons (Fsp3) is 0.167. The molecule has 0 aliphatic rings. The van der Waals surface area contributed by atoms with E-state index in [9.17, 15) is 4.79 Å². The van der Waals surface area contributed by atoms with Crippen molar-refractivity contribution < 1.29 is 9.47 Å². The van der Waals surface area contributed by atoms with Gasteiger partial charge in [-0.3, -0.25) is 4.79 Å². The number of fused-ring (bicyclic) bond motifs is 1. The van der Waals surface area contributed by atoms with E-state index in [1.54, 1.807) is 12.1 Å². The van der Waals surface area contributed by atoms with E-state index < -0.39 is 0 Å². The van der Waals surface area contributed by atoms with Gasteiger partial charge in [0.2, 0.25) is 11.3 Å². The molecule has 8 heteroatoms. The van der Waals surface area contributed by atoms with Crippen molar-refractivity contribution in [1.82, 2.24) is 25.6 Å². The molecule has 3 aromatic rings. The minimum absolute atomic E-state index is 0.220. The highest BCUT2D eigenvalue weighted by Crippen LogP contribution is 2.30. The van der Waals surface area contributed by atoms with Crippen LogP contribution in [0.5, 0.6) is 11.5 Å². The van der Waals surface area contributed by atoms with Crippen LogP contribution in [0.2, 0.25) is 0 Å². The number of pyridine rings is 1. The van der Waals surface area contributed by atoms with E-state index in [-0.39, 0.29) is 11.3 Å². The lowest BCUT2D eigenvalue weighted by Gasteiger charge is -2.09. The number of nitrogens with zero attached hydrogens (tertiary/aromatic N) is 3. The second-order valence-electron chi connectivity index (χ2n) is 3.99. The van der Waals surface area contributed by atoms with E-state index in [4.69, 9.17) is 9.47 Å². The van der Waals surface area contributed by atoms with E-state index in [1.165, 1.54) is 20.4 Å². The lowest BCUT2D eigenvalue weighted by Crippen LogP contribution is -2.09. The molecule has 102 valence electrons. The molecular formula is C12H11N5O3. The Morgan fingerprint density at radius 2 is 1.90 bits per heavy atom. The Balaban J connectivity index is 2.40. The van der Waals surface area contributed by atoms with Gasteiger partial charge >= 0.3 is 0 Å². The van der Waals surface area contributed by atoms with Crippen molar-refractivity contribution in [2.75, 3.05) is 14.2 Å². The first-order valence-corrected chi connectivity index (χ1v) is 5.76. The molecule has 2 heterocycles. The minimum Gasteiger partial charge on any atom is -0.496 e. The first-order valence-electron chi connectivity index (χ1n) is 5.76.